The highest BCUT2D eigenvalue weighted by atomic mass is 19.1. The van der Waals surface area contributed by atoms with E-state index in [9.17, 15) is 9.18 Å². The average molecular weight is 259 g/mol. The molecule has 2 aromatic carbocycles. The van der Waals surface area contributed by atoms with Crippen LogP contribution in [0.4, 0.5) is 4.39 Å². The van der Waals surface area contributed by atoms with Crippen LogP contribution in [0.2, 0.25) is 0 Å². The van der Waals surface area contributed by atoms with Gasteiger partial charge in [0.15, 0.2) is 0 Å². The zero-order valence-electron chi connectivity index (χ0n) is 10.3. The van der Waals surface area contributed by atoms with Gasteiger partial charge in [-0.1, -0.05) is 12.1 Å². The number of rotatable bonds is 5. The zero-order chi connectivity index (χ0) is 13.7. The van der Waals surface area contributed by atoms with Gasteiger partial charge in [-0.15, -0.1) is 0 Å². The predicted molar refractivity (Wildman–Crippen MR) is 70.4 cm³/mol. The molecule has 0 heterocycles. The third kappa shape index (κ3) is 4.10. The molecule has 0 aliphatic carbocycles. The van der Waals surface area contributed by atoms with Gasteiger partial charge < -0.3 is 10.5 Å². The predicted octanol–water partition coefficient (Wildman–Crippen LogP) is 3.04. The largest absolute Gasteiger partial charge is 0.457 e. The molecule has 3 nitrogen and oxygen atoms in total. The van der Waals surface area contributed by atoms with Gasteiger partial charge in [-0.3, -0.25) is 4.79 Å². The summed E-state index contributed by atoms with van der Waals surface area (Å²) < 4.78 is 18.3. The van der Waals surface area contributed by atoms with E-state index in [2.05, 4.69) is 0 Å². The number of carbonyl (C=O) groups excluding carboxylic acids is 1. The Bertz CT molecular complexity index is 549. The molecule has 0 unspecified atom stereocenters. The van der Waals surface area contributed by atoms with Crippen LogP contribution in [-0.2, 0) is 11.2 Å². The van der Waals surface area contributed by atoms with Crippen molar-refractivity contribution in [3.8, 4) is 11.5 Å². The Labute approximate surface area is 110 Å². The molecule has 0 radical (unpaired) electrons. The standard InChI is InChI=1S/C15H14FNO2/c16-12-4-8-14(9-5-12)19-13-6-1-11(2-7-13)3-10-15(17)18/h1-2,4-9H,3,10H2,(H2,17,18). The van der Waals surface area contributed by atoms with Gasteiger partial charge in [-0.2, -0.15) is 0 Å². The summed E-state index contributed by atoms with van der Waals surface area (Å²) in [4.78, 5) is 10.7. The number of ether oxygens (including phenoxy) is 1. The second-order valence-electron chi connectivity index (χ2n) is 4.17. The van der Waals surface area contributed by atoms with E-state index >= 15 is 0 Å². The van der Waals surface area contributed by atoms with Crippen molar-refractivity contribution in [2.75, 3.05) is 0 Å². The number of aryl methyl sites for hydroxylation is 1. The number of halogens is 1. The minimum absolute atomic E-state index is 0.297. The number of amides is 1. The Morgan fingerprint density at radius 2 is 1.53 bits per heavy atom. The van der Waals surface area contributed by atoms with Crippen LogP contribution in [0.1, 0.15) is 12.0 Å². The summed E-state index contributed by atoms with van der Waals surface area (Å²) in [6.07, 6.45) is 0.949. The monoisotopic (exact) mass is 259 g/mol. The number of nitrogens with two attached hydrogens (primary N) is 1. The molecule has 2 rings (SSSR count). The quantitative estimate of drug-likeness (QED) is 0.897. The number of benzene rings is 2. The fraction of sp³-hybridized carbons (Fsp3) is 0.133. The second kappa shape index (κ2) is 6.00. The maximum Gasteiger partial charge on any atom is 0.217 e. The van der Waals surface area contributed by atoms with Crippen LogP contribution in [-0.4, -0.2) is 5.91 Å². The third-order valence-corrected chi connectivity index (χ3v) is 2.63. The highest BCUT2D eigenvalue weighted by Crippen LogP contribution is 2.22. The van der Waals surface area contributed by atoms with Crippen LogP contribution in [0.3, 0.4) is 0 Å². The topological polar surface area (TPSA) is 52.3 Å². The van der Waals surface area contributed by atoms with Gasteiger partial charge in [0.25, 0.3) is 0 Å². The number of primary amides is 1. The van der Waals surface area contributed by atoms with Crippen LogP contribution in [0.5, 0.6) is 11.5 Å². The molecule has 0 saturated heterocycles. The van der Waals surface area contributed by atoms with E-state index in [-0.39, 0.29) is 11.7 Å². The van der Waals surface area contributed by atoms with Crippen LogP contribution in [0, 0.1) is 5.82 Å². The lowest BCUT2D eigenvalue weighted by molar-refractivity contribution is -0.117. The van der Waals surface area contributed by atoms with Gasteiger partial charge in [-0.05, 0) is 48.4 Å². The first-order valence-electron chi connectivity index (χ1n) is 5.94. The number of hydrogen-bond acceptors (Lipinski definition) is 2. The average Bonchev–Trinajstić information content (AvgIpc) is 2.40. The summed E-state index contributed by atoms with van der Waals surface area (Å²) >= 11 is 0. The van der Waals surface area contributed by atoms with Crippen molar-refractivity contribution in [1.29, 1.82) is 0 Å². The maximum absolute atomic E-state index is 12.7. The summed E-state index contributed by atoms with van der Waals surface area (Å²) in [7, 11) is 0. The van der Waals surface area contributed by atoms with Crippen LogP contribution in [0.25, 0.3) is 0 Å². The molecule has 1 amide bonds. The molecule has 0 aliphatic heterocycles. The number of hydrogen-bond donors (Lipinski definition) is 1. The second-order valence-corrected chi connectivity index (χ2v) is 4.17. The number of carbonyl (C=O) groups is 1. The van der Waals surface area contributed by atoms with Crippen molar-refractivity contribution in [1.82, 2.24) is 0 Å². The van der Waals surface area contributed by atoms with E-state index in [0.717, 1.165) is 5.56 Å². The molecular weight excluding hydrogens is 245 g/mol. The first-order chi connectivity index (χ1) is 9.13. The highest BCUT2D eigenvalue weighted by Gasteiger charge is 2.00. The summed E-state index contributed by atoms with van der Waals surface area (Å²) in [5.41, 5.74) is 6.11. The Hall–Kier alpha value is -2.36. The van der Waals surface area contributed by atoms with E-state index in [4.69, 9.17) is 10.5 Å². The first kappa shape index (κ1) is 13.1. The van der Waals surface area contributed by atoms with Crippen molar-refractivity contribution < 1.29 is 13.9 Å². The van der Waals surface area contributed by atoms with Gasteiger partial charge >= 0.3 is 0 Å². The lowest BCUT2D eigenvalue weighted by atomic mass is 10.1. The maximum atomic E-state index is 12.7. The minimum atomic E-state index is -0.313. The normalized spacial score (nSPS) is 10.2. The molecule has 98 valence electrons. The first-order valence-corrected chi connectivity index (χ1v) is 5.94. The van der Waals surface area contributed by atoms with Crippen molar-refractivity contribution in [2.45, 2.75) is 12.8 Å². The molecule has 0 fully saturated rings. The van der Waals surface area contributed by atoms with Crippen molar-refractivity contribution in [3.05, 3.63) is 59.9 Å². The lowest BCUT2D eigenvalue weighted by Gasteiger charge is -2.06. The van der Waals surface area contributed by atoms with Gasteiger partial charge in [0.2, 0.25) is 5.91 Å². The molecule has 2 aromatic rings. The van der Waals surface area contributed by atoms with Crippen LogP contribution >= 0.6 is 0 Å². The Kier molecular flexibility index (Phi) is 4.13. The van der Waals surface area contributed by atoms with Crippen molar-refractivity contribution >= 4 is 5.91 Å². The van der Waals surface area contributed by atoms with Gasteiger partial charge in [0, 0.05) is 6.42 Å². The fourth-order valence-corrected chi connectivity index (χ4v) is 1.63. The van der Waals surface area contributed by atoms with Crippen LogP contribution < -0.4 is 10.5 Å². The highest BCUT2D eigenvalue weighted by molar-refractivity contribution is 5.74. The SMILES string of the molecule is NC(=O)CCc1ccc(Oc2ccc(F)cc2)cc1. The molecule has 0 aliphatic rings. The van der Waals surface area contributed by atoms with Gasteiger partial charge in [0.05, 0.1) is 0 Å². The molecule has 0 spiro atoms. The molecule has 19 heavy (non-hydrogen) atoms. The Morgan fingerprint density at radius 1 is 1.00 bits per heavy atom. The van der Waals surface area contributed by atoms with E-state index < -0.39 is 0 Å². The van der Waals surface area contributed by atoms with Crippen LogP contribution in [0.15, 0.2) is 48.5 Å². The third-order valence-electron chi connectivity index (χ3n) is 2.63. The smallest absolute Gasteiger partial charge is 0.217 e. The lowest BCUT2D eigenvalue weighted by Crippen LogP contribution is -2.11. The minimum Gasteiger partial charge on any atom is -0.457 e. The molecule has 0 saturated carbocycles. The summed E-state index contributed by atoms with van der Waals surface area (Å²) in [5, 5.41) is 0. The molecule has 0 bridgehead atoms. The fourth-order valence-electron chi connectivity index (χ4n) is 1.63. The van der Waals surface area contributed by atoms with E-state index in [1.165, 1.54) is 12.1 Å². The Balaban J connectivity index is 1.98. The Morgan fingerprint density at radius 3 is 2.05 bits per heavy atom. The summed E-state index contributed by atoms with van der Waals surface area (Å²) in [6, 6.07) is 13.2. The molecule has 2 N–H and O–H groups in total. The molecule has 4 heteroatoms. The van der Waals surface area contributed by atoms with E-state index in [1.807, 2.05) is 12.1 Å². The van der Waals surface area contributed by atoms with Gasteiger partial charge in [0.1, 0.15) is 17.3 Å². The zero-order valence-corrected chi connectivity index (χ0v) is 10.3. The summed E-state index contributed by atoms with van der Waals surface area (Å²) in [5.74, 6) is 0.626. The summed E-state index contributed by atoms with van der Waals surface area (Å²) in [6.45, 7) is 0. The van der Waals surface area contributed by atoms with Crippen molar-refractivity contribution in [2.24, 2.45) is 5.73 Å². The van der Waals surface area contributed by atoms with Crippen molar-refractivity contribution in [3.63, 3.8) is 0 Å². The van der Waals surface area contributed by atoms with E-state index in [0.29, 0.717) is 24.3 Å². The molecular formula is C15H14FNO2. The molecule has 0 aromatic heterocycles. The van der Waals surface area contributed by atoms with Gasteiger partial charge in [-0.25, -0.2) is 4.39 Å². The van der Waals surface area contributed by atoms with E-state index in [1.54, 1.807) is 24.3 Å². The molecule has 0 atom stereocenters.